The summed E-state index contributed by atoms with van der Waals surface area (Å²) in [6.45, 7) is 3.20. The number of rotatable bonds is 3. The van der Waals surface area contributed by atoms with Crippen LogP contribution < -0.4 is 0 Å². The average molecular weight is 358 g/mol. The van der Waals surface area contributed by atoms with E-state index in [9.17, 15) is 9.59 Å². The predicted octanol–water partition coefficient (Wildman–Crippen LogP) is 1.11. The summed E-state index contributed by atoms with van der Waals surface area (Å²) in [5.74, 6) is 0.224. The second-order valence-corrected chi connectivity index (χ2v) is 8.50. The van der Waals surface area contributed by atoms with Gasteiger partial charge >= 0.3 is 0 Å². The number of ether oxygens (including phenoxy) is 1. The molecule has 140 valence electrons. The molecule has 3 saturated heterocycles. The largest absolute Gasteiger partial charge is 0.381 e. The Morgan fingerprint density at radius 1 is 1.31 bits per heavy atom. The van der Waals surface area contributed by atoms with Crippen LogP contribution in [0.5, 0.6) is 0 Å². The van der Waals surface area contributed by atoms with Crippen LogP contribution in [0.2, 0.25) is 0 Å². The normalized spacial score (nSPS) is 30.7. The maximum Gasteiger partial charge on any atom is 0.228 e. The molecule has 1 aromatic heterocycles. The first-order valence-electron chi connectivity index (χ1n) is 9.74. The quantitative estimate of drug-likeness (QED) is 0.812. The molecule has 4 fully saturated rings. The minimum absolute atomic E-state index is 0.164. The van der Waals surface area contributed by atoms with Crippen LogP contribution in [0.15, 0.2) is 12.3 Å². The van der Waals surface area contributed by atoms with E-state index in [4.69, 9.17) is 4.74 Å². The molecule has 2 atom stereocenters. The molecule has 0 N–H and O–H groups in total. The molecule has 3 aliphatic heterocycles. The molecule has 7 nitrogen and oxygen atoms in total. The summed E-state index contributed by atoms with van der Waals surface area (Å²) in [7, 11) is 1.90. The molecule has 7 heteroatoms. The number of nitrogens with zero attached hydrogens (tertiary/aromatic N) is 4. The Hall–Kier alpha value is -1.89. The maximum atomic E-state index is 13.4. The van der Waals surface area contributed by atoms with Gasteiger partial charge in [0, 0.05) is 50.8 Å². The third-order valence-electron chi connectivity index (χ3n) is 6.61. The molecule has 5 rings (SSSR count). The van der Waals surface area contributed by atoms with Gasteiger partial charge < -0.3 is 14.5 Å². The van der Waals surface area contributed by atoms with Crippen molar-refractivity contribution in [1.29, 1.82) is 0 Å². The Labute approximate surface area is 153 Å². The van der Waals surface area contributed by atoms with Gasteiger partial charge in [-0.05, 0) is 31.7 Å². The molecule has 1 saturated carbocycles. The standard InChI is InChI=1S/C19H26N4O3/c1-21-15(6-8-20-21)17-14(4-5-16(24)23(17)13-2-3-13)18(25)22-10-19(11-22)7-9-26-12-19/h6,8,13-14,17H,2-5,7,9-12H2,1H3/t14-,17-/m0/s1. The number of piperidine rings is 1. The van der Waals surface area contributed by atoms with Crippen molar-refractivity contribution in [3.8, 4) is 0 Å². The second-order valence-electron chi connectivity index (χ2n) is 8.50. The number of hydrogen-bond acceptors (Lipinski definition) is 4. The van der Waals surface area contributed by atoms with E-state index in [1.165, 1.54) is 0 Å². The van der Waals surface area contributed by atoms with Crippen molar-refractivity contribution in [2.24, 2.45) is 18.4 Å². The highest BCUT2D eigenvalue weighted by molar-refractivity contribution is 5.86. The van der Waals surface area contributed by atoms with E-state index in [0.717, 1.165) is 51.3 Å². The van der Waals surface area contributed by atoms with E-state index in [-0.39, 0.29) is 29.2 Å². The third-order valence-corrected chi connectivity index (χ3v) is 6.61. The predicted molar refractivity (Wildman–Crippen MR) is 93.0 cm³/mol. The van der Waals surface area contributed by atoms with Gasteiger partial charge in [-0.2, -0.15) is 5.10 Å². The Kier molecular flexibility index (Phi) is 3.64. The molecule has 0 bridgehead atoms. The van der Waals surface area contributed by atoms with Gasteiger partial charge in [-0.1, -0.05) is 0 Å². The number of amides is 2. The van der Waals surface area contributed by atoms with E-state index in [1.807, 2.05) is 27.6 Å². The van der Waals surface area contributed by atoms with Crippen molar-refractivity contribution in [3.05, 3.63) is 18.0 Å². The summed E-state index contributed by atoms with van der Waals surface area (Å²) in [4.78, 5) is 30.0. The van der Waals surface area contributed by atoms with Crippen molar-refractivity contribution < 1.29 is 14.3 Å². The van der Waals surface area contributed by atoms with Crippen molar-refractivity contribution >= 4 is 11.8 Å². The Bertz CT molecular complexity index is 727. The summed E-state index contributed by atoms with van der Waals surface area (Å²) in [6.07, 6.45) is 6.02. The summed E-state index contributed by atoms with van der Waals surface area (Å²) >= 11 is 0. The summed E-state index contributed by atoms with van der Waals surface area (Å²) in [5, 5.41) is 4.30. The topological polar surface area (TPSA) is 67.7 Å². The van der Waals surface area contributed by atoms with Crippen LogP contribution in [-0.4, -0.2) is 63.7 Å². The summed E-state index contributed by atoms with van der Waals surface area (Å²) in [6, 6.07) is 2.07. The average Bonchev–Trinajstić information content (AvgIpc) is 3.14. The van der Waals surface area contributed by atoms with E-state index < -0.39 is 0 Å². The molecule has 1 aliphatic carbocycles. The van der Waals surface area contributed by atoms with Crippen LogP contribution in [0.3, 0.4) is 0 Å². The molecule has 4 heterocycles. The molecule has 0 radical (unpaired) electrons. The maximum absolute atomic E-state index is 13.4. The fourth-order valence-corrected chi connectivity index (χ4v) is 5.03. The third kappa shape index (κ3) is 2.47. The van der Waals surface area contributed by atoms with Crippen LogP contribution in [0.25, 0.3) is 0 Å². The Morgan fingerprint density at radius 3 is 2.73 bits per heavy atom. The minimum Gasteiger partial charge on any atom is -0.381 e. The van der Waals surface area contributed by atoms with E-state index >= 15 is 0 Å². The van der Waals surface area contributed by atoms with Crippen molar-refractivity contribution in [1.82, 2.24) is 19.6 Å². The molecule has 1 spiro atoms. The second kappa shape index (κ2) is 5.81. The molecule has 4 aliphatic rings. The molecular formula is C19H26N4O3. The zero-order valence-electron chi connectivity index (χ0n) is 15.3. The monoisotopic (exact) mass is 358 g/mol. The van der Waals surface area contributed by atoms with Gasteiger partial charge in [0.2, 0.25) is 11.8 Å². The Balaban J connectivity index is 1.41. The number of hydrogen-bond donors (Lipinski definition) is 0. The lowest BCUT2D eigenvalue weighted by atomic mass is 9.77. The van der Waals surface area contributed by atoms with Gasteiger partial charge in [0.05, 0.1) is 24.3 Å². The molecule has 2 amide bonds. The number of aromatic nitrogens is 2. The van der Waals surface area contributed by atoms with Gasteiger partial charge in [0.1, 0.15) is 0 Å². The number of aryl methyl sites for hydroxylation is 1. The molecule has 26 heavy (non-hydrogen) atoms. The van der Waals surface area contributed by atoms with E-state index in [1.54, 1.807) is 6.20 Å². The van der Waals surface area contributed by atoms with Gasteiger partial charge in [-0.25, -0.2) is 0 Å². The first-order valence-corrected chi connectivity index (χ1v) is 9.74. The van der Waals surface area contributed by atoms with E-state index in [0.29, 0.717) is 18.9 Å². The van der Waals surface area contributed by atoms with Gasteiger partial charge in [-0.15, -0.1) is 0 Å². The smallest absolute Gasteiger partial charge is 0.228 e. The van der Waals surface area contributed by atoms with Gasteiger partial charge in [0.15, 0.2) is 0 Å². The van der Waals surface area contributed by atoms with Crippen LogP contribution in [-0.2, 0) is 21.4 Å². The highest BCUT2D eigenvalue weighted by atomic mass is 16.5. The fraction of sp³-hybridized carbons (Fsp3) is 0.737. The van der Waals surface area contributed by atoms with Crippen molar-refractivity contribution in [3.63, 3.8) is 0 Å². The lowest BCUT2D eigenvalue weighted by molar-refractivity contribution is -0.157. The molecular weight excluding hydrogens is 332 g/mol. The molecule has 0 unspecified atom stereocenters. The lowest BCUT2D eigenvalue weighted by Crippen LogP contribution is -2.61. The minimum atomic E-state index is -0.180. The summed E-state index contributed by atoms with van der Waals surface area (Å²) in [5.41, 5.74) is 1.17. The van der Waals surface area contributed by atoms with Gasteiger partial charge in [-0.3, -0.25) is 14.3 Å². The van der Waals surface area contributed by atoms with Crippen LogP contribution >= 0.6 is 0 Å². The van der Waals surface area contributed by atoms with Crippen LogP contribution in [0, 0.1) is 11.3 Å². The first-order chi connectivity index (χ1) is 12.6. The number of carbonyl (C=O) groups is 2. The highest BCUT2D eigenvalue weighted by Gasteiger charge is 2.53. The van der Waals surface area contributed by atoms with Crippen LogP contribution in [0.4, 0.5) is 0 Å². The highest BCUT2D eigenvalue weighted by Crippen LogP contribution is 2.46. The van der Waals surface area contributed by atoms with E-state index in [2.05, 4.69) is 5.10 Å². The first kappa shape index (κ1) is 16.3. The fourth-order valence-electron chi connectivity index (χ4n) is 5.03. The zero-order valence-corrected chi connectivity index (χ0v) is 15.3. The van der Waals surface area contributed by atoms with Gasteiger partial charge in [0.25, 0.3) is 0 Å². The van der Waals surface area contributed by atoms with Crippen molar-refractivity contribution in [2.45, 2.75) is 44.2 Å². The number of carbonyl (C=O) groups excluding carboxylic acids is 2. The lowest BCUT2D eigenvalue weighted by Gasteiger charge is -2.50. The zero-order chi connectivity index (χ0) is 17.9. The van der Waals surface area contributed by atoms with Crippen molar-refractivity contribution in [2.75, 3.05) is 26.3 Å². The molecule has 1 aromatic rings. The molecule has 0 aromatic carbocycles. The summed E-state index contributed by atoms with van der Waals surface area (Å²) < 4.78 is 7.36. The Morgan fingerprint density at radius 2 is 2.12 bits per heavy atom. The van der Waals surface area contributed by atoms with Crippen LogP contribution in [0.1, 0.15) is 43.8 Å². The number of likely N-dealkylation sites (tertiary alicyclic amines) is 2. The SMILES string of the molecule is Cn1nccc1[C@@H]1[C@@H](C(=O)N2CC3(CCOC3)C2)CCC(=O)N1C1CC1.